The third-order valence-corrected chi connectivity index (χ3v) is 2.28. The summed E-state index contributed by atoms with van der Waals surface area (Å²) in [6, 6.07) is 4.13. The van der Waals surface area contributed by atoms with Crippen LogP contribution in [0.4, 0.5) is 0 Å². The van der Waals surface area contributed by atoms with E-state index in [9.17, 15) is 0 Å². The van der Waals surface area contributed by atoms with E-state index in [-0.39, 0.29) is 0 Å². The number of nitrogens with one attached hydrogen (secondary N) is 3. The second kappa shape index (κ2) is 3.74. The molecule has 66 valence electrons. The highest BCUT2D eigenvalue weighted by Crippen LogP contribution is 2.00. The average Bonchev–Trinajstić information content (AvgIpc) is 2.46. The Morgan fingerprint density at radius 3 is 3.00 bits per heavy atom. The molecule has 0 amide bonds. The van der Waals surface area contributed by atoms with Crippen molar-refractivity contribution in [2.75, 3.05) is 19.6 Å². The van der Waals surface area contributed by atoms with Gasteiger partial charge in [0.15, 0.2) is 0 Å². The van der Waals surface area contributed by atoms with Gasteiger partial charge in [0, 0.05) is 38.1 Å². The van der Waals surface area contributed by atoms with Gasteiger partial charge >= 0.3 is 0 Å². The molecule has 12 heavy (non-hydrogen) atoms. The molecule has 3 nitrogen and oxygen atoms in total. The lowest BCUT2D eigenvalue weighted by Gasteiger charge is -2.27. The SMILES string of the molecule is c1c[nH]c(CNCC2CNC2)c1. The molecule has 2 heterocycles. The molecule has 0 saturated carbocycles. The van der Waals surface area contributed by atoms with Gasteiger partial charge in [-0.25, -0.2) is 0 Å². The summed E-state index contributed by atoms with van der Waals surface area (Å²) < 4.78 is 0. The normalized spacial score (nSPS) is 17.7. The number of H-pyrrole nitrogens is 1. The quantitative estimate of drug-likeness (QED) is 0.601. The molecule has 1 fully saturated rings. The van der Waals surface area contributed by atoms with Gasteiger partial charge in [-0.1, -0.05) is 0 Å². The molecule has 0 aliphatic carbocycles. The van der Waals surface area contributed by atoms with Crippen LogP contribution >= 0.6 is 0 Å². The summed E-state index contributed by atoms with van der Waals surface area (Å²) in [6.07, 6.45) is 1.96. The standard InChI is InChI=1S/C9H15N3/c1-2-9(12-3-1)7-11-6-8-4-10-5-8/h1-3,8,10-12H,4-7H2. The Hall–Kier alpha value is -0.800. The van der Waals surface area contributed by atoms with E-state index in [1.807, 2.05) is 12.3 Å². The summed E-state index contributed by atoms with van der Waals surface area (Å²) in [5.41, 5.74) is 1.27. The molecule has 1 saturated heterocycles. The molecule has 0 spiro atoms. The maximum Gasteiger partial charge on any atom is 0.0357 e. The van der Waals surface area contributed by atoms with Gasteiger partial charge in [0.05, 0.1) is 0 Å². The number of aromatic amines is 1. The van der Waals surface area contributed by atoms with Gasteiger partial charge in [-0.05, 0) is 18.1 Å². The highest BCUT2D eigenvalue weighted by molar-refractivity contribution is 5.02. The van der Waals surface area contributed by atoms with Crippen molar-refractivity contribution in [3.05, 3.63) is 24.0 Å². The Kier molecular flexibility index (Phi) is 2.44. The zero-order chi connectivity index (χ0) is 8.23. The Bertz CT molecular complexity index is 214. The molecule has 1 aromatic heterocycles. The minimum absolute atomic E-state index is 0.847. The summed E-state index contributed by atoms with van der Waals surface area (Å²) in [5.74, 6) is 0.847. The molecular weight excluding hydrogens is 150 g/mol. The summed E-state index contributed by atoms with van der Waals surface area (Å²) in [6.45, 7) is 4.45. The van der Waals surface area contributed by atoms with Crippen molar-refractivity contribution in [3.63, 3.8) is 0 Å². The first-order valence-electron chi connectivity index (χ1n) is 4.49. The number of hydrogen-bond donors (Lipinski definition) is 3. The minimum atomic E-state index is 0.847. The van der Waals surface area contributed by atoms with Crippen LogP contribution in [0.1, 0.15) is 5.69 Å². The van der Waals surface area contributed by atoms with Gasteiger partial charge < -0.3 is 15.6 Å². The van der Waals surface area contributed by atoms with Gasteiger partial charge in [-0.3, -0.25) is 0 Å². The van der Waals surface area contributed by atoms with Crippen molar-refractivity contribution in [2.45, 2.75) is 6.54 Å². The first-order chi connectivity index (χ1) is 5.95. The van der Waals surface area contributed by atoms with Gasteiger partial charge in [-0.15, -0.1) is 0 Å². The van der Waals surface area contributed by atoms with Crippen LogP contribution in [0.5, 0.6) is 0 Å². The lowest BCUT2D eigenvalue weighted by Crippen LogP contribution is -2.47. The van der Waals surface area contributed by atoms with E-state index < -0.39 is 0 Å². The first-order valence-corrected chi connectivity index (χ1v) is 4.49. The van der Waals surface area contributed by atoms with E-state index in [0.717, 1.165) is 19.0 Å². The van der Waals surface area contributed by atoms with Gasteiger partial charge in [0.1, 0.15) is 0 Å². The molecule has 1 aliphatic rings. The van der Waals surface area contributed by atoms with Crippen molar-refractivity contribution in [2.24, 2.45) is 5.92 Å². The van der Waals surface area contributed by atoms with E-state index >= 15 is 0 Å². The molecule has 3 N–H and O–H groups in total. The maximum atomic E-state index is 3.42. The highest BCUT2D eigenvalue weighted by Gasteiger charge is 2.15. The summed E-state index contributed by atoms with van der Waals surface area (Å²) >= 11 is 0. The van der Waals surface area contributed by atoms with E-state index in [1.165, 1.54) is 18.8 Å². The van der Waals surface area contributed by atoms with E-state index in [2.05, 4.69) is 21.7 Å². The Morgan fingerprint density at radius 2 is 2.42 bits per heavy atom. The summed E-state index contributed by atoms with van der Waals surface area (Å²) in [4.78, 5) is 3.17. The zero-order valence-corrected chi connectivity index (χ0v) is 7.14. The van der Waals surface area contributed by atoms with Crippen LogP contribution in [0.2, 0.25) is 0 Å². The molecule has 3 heteroatoms. The van der Waals surface area contributed by atoms with Gasteiger partial charge in [0.2, 0.25) is 0 Å². The topological polar surface area (TPSA) is 39.9 Å². The Labute approximate surface area is 72.6 Å². The summed E-state index contributed by atoms with van der Waals surface area (Å²) in [5, 5.41) is 6.68. The largest absolute Gasteiger partial charge is 0.364 e. The summed E-state index contributed by atoms with van der Waals surface area (Å²) in [7, 11) is 0. The van der Waals surface area contributed by atoms with Crippen LogP contribution in [-0.2, 0) is 6.54 Å². The lowest BCUT2D eigenvalue weighted by molar-refractivity contribution is 0.331. The van der Waals surface area contributed by atoms with Crippen molar-refractivity contribution in [3.8, 4) is 0 Å². The Balaban J connectivity index is 1.62. The molecule has 0 aromatic carbocycles. The molecule has 0 radical (unpaired) electrons. The molecule has 0 atom stereocenters. The van der Waals surface area contributed by atoms with Crippen LogP contribution in [0.15, 0.2) is 18.3 Å². The van der Waals surface area contributed by atoms with Gasteiger partial charge in [0.25, 0.3) is 0 Å². The van der Waals surface area contributed by atoms with Crippen LogP contribution in [0.3, 0.4) is 0 Å². The highest BCUT2D eigenvalue weighted by atomic mass is 15.0. The second-order valence-corrected chi connectivity index (χ2v) is 3.35. The zero-order valence-electron chi connectivity index (χ0n) is 7.14. The molecule has 0 bridgehead atoms. The van der Waals surface area contributed by atoms with Crippen LogP contribution in [0, 0.1) is 5.92 Å². The Morgan fingerprint density at radius 1 is 1.50 bits per heavy atom. The first kappa shape index (κ1) is 7.83. The predicted octanol–water partition coefficient (Wildman–Crippen LogP) is 0.324. The molecule has 0 unspecified atom stereocenters. The van der Waals surface area contributed by atoms with Crippen LogP contribution in [0.25, 0.3) is 0 Å². The fourth-order valence-corrected chi connectivity index (χ4v) is 1.38. The predicted molar refractivity (Wildman–Crippen MR) is 48.9 cm³/mol. The van der Waals surface area contributed by atoms with Crippen molar-refractivity contribution >= 4 is 0 Å². The van der Waals surface area contributed by atoms with Crippen molar-refractivity contribution in [1.82, 2.24) is 15.6 Å². The average molecular weight is 165 g/mol. The molecular formula is C9H15N3. The van der Waals surface area contributed by atoms with Crippen LogP contribution < -0.4 is 10.6 Å². The maximum absolute atomic E-state index is 3.42. The smallest absolute Gasteiger partial charge is 0.0357 e. The molecule has 2 rings (SSSR count). The van der Waals surface area contributed by atoms with E-state index in [4.69, 9.17) is 0 Å². The third-order valence-electron chi connectivity index (χ3n) is 2.28. The minimum Gasteiger partial charge on any atom is -0.364 e. The second-order valence-electron chi connectivity index (χ2n) is 3.35. The number of aromatic nitrogens is 1. The monoisotopic (exact) mass is 165 g/mol. The van der Waals surface area contributed by atoms with Crippen molar-refractivity contribution in [1.29, 1.82) is 0 Å². The van der Waals surface area contributed by atoms with Crippen LogP contribution in [-0.4, -0.2) is 24.6 Å². The lowest BCUT2D eigenvalue weighted by atomic mass is 10.0. The molecule has 1 aliphatic heterocycles. The van der Waals surface area contributed by atoms with Gasteiger partial charge in [-0.2, -0.15) is 0 Å². The number of rotatable bonds is 4. The third kappa shape index (κ3) is 1.87. The van der Waals surface area contributed by atoms with E-state index in [1.54, 1.807) is 0 Å². The fourth-order valence-electron chi connectivity index (χ4n) is 1.38. The fraction of sp³-hybridized carbons (Fsp3) is 0.556. The van der Waals surface area contributed by atoms with Crippen molar-refractivity contribution < 1.29 is 0 Å². The van der Waals surface area contributed by atoms with E-state index in [0.29, 0.717) is 0 Å². The number of hydrogen-bond acceptors (Lipinski definition) is 2. The molecule has 1 aromatic rings.